The fourth-order valence-corrected chi connectivity index (χ4v) is 3.35. The van der Waals surface area contributed by atoms with Gasteiger partial charge in [0, 0.05) is 6.54 Å². The first-order valence-electron chi connectivity index (χ1n) is 6.39. The second-order valence-electron chi connectivity index (χ2n) is 4.93. The molecule has 0 saturated carbocycles. The van der Waals surface area contributed by atoms with Gasteiger partial charge in [0.2, 0.25) is 0 Å². The fraction of sp³-hybridized carbons (Fsp3) is 0.429. The lowest BCUT2D eigenvalue weighted by molar-refractivity contribution is -0.129. The van der Waals surface area contributed by atoms with Gasteiger partial charge in [-0.3, -0.25) is 9.69 Å². The van der Waals surface area contributed by atoms with Gasteiger partial charge in [-0.15, -0.1) is 0 Å². The zero-order chi connectivity index (χ0) is 12.7. The van der Waals surface area contributed by atoms with Crippen molar-refractivity contribution in [3.8, 4) is 0 Å². The lowest BCUT2D eigenvalue weighted by Crippen LogP contribution is -2.35. The van der Waals surface area contributed by atoms with Gasteiger partial charge >= 0.3 is 0 Å². The lowest BCUT2D eigenvalue weighted by Gasteiger charge is -2.25. The molecule has 2 unspecified atom stereocenters. The van der Waals surface area contributed by atoms with Gasteiger partial charge in [0.15, 0.2) is 5.11 Å². The lowest BCUT2D eigenvalue weighted by atomic mass is 10.1. The number of hydrogen-bond acceptors (Lipinski definition) is 2. The van der Waals surface area contributed by atoms with Crippen LogP contribution in [0.15, 0.2) is 30.3 Å². The van der Waals surface area contributed by atoms with Crippen LogP contribution in [0.3, 0.4) is 0 Å². The van der Waals surface area contributed by atoms with Crippen molar-refractivity contribution in [1.82, 2.24) is 9.80 Å². The van der Waals surface area contributed by atoms with Crippen molar-refractivity contribution in [3.05, 3.63) is 35.9 Å². The molecule has 2 fully saturated rings. The predicted molar refractivity (Wildman–Crippen MR) is 74.0 cm³/mol. The SMILES string of the molecule is CC(c1ccccc1)N1C(=O)C2CCCN2C1=S. The van der Waals surface area contributed by atoms with Crippen LogP contribution in [0, 0.1) is 0 Å². The van der Waals surface area contributed by atoms with Crippen LogP contribution in [0.1, 0.15) is 31.4 Å². The normalized spacial score (nSPS) is 24.6. The summed E-state index contributed by atoms with van der Waals surface area (Å²) in [5, 5.41) is 0.707. The summed E-state index contributed by atoms with van der Waals surface area (Å²) in [6.45, 7) is 2.97. The standard InChI is InChI=1S/C14H16N2OS/c1-10(11-6-3-2-4-7-11)16-13(17)12-8-5-9-15(12)14(16)18/h2-4,6-7,10,12H,5,8-9H2,1H3. The first kappa shape index (κ1) is 11.7. The van der Waals surface area contributed by atoms with Crippen LogP contribution in [0.2, 0.25) is 0 Å². The van der Waals surface area contributed by atoms with Crippen molar-refractivity contribution in [1.29, 1.82) is 0 Å². The van der Waals surface area contributed by atoms with E-state index in [4.69, 9.17) is 12.2 Å². The Labute approximate surface area is 112 Å². The van der Waals surface area contributed by atoms with Crippen molar-refractivity contribution in [2.24, 2.45) is 0 Å². The number of benzene rings is 1. The number of hydrogen-bond donors (Lipinski definition) is 0. The first-order chi connectivity index (χ1) is 8.70. The minimum absolute atomic E-state index is 0.00339. The molecule has 0 bridgehead atoms. The van der Waals surface area contributed by atoms with Crippen molar-refractivity contribution >= 4 is 23.2 Å². The molecule has 0 aromatic heterocycles. The molecule has 3 rings (SSSR count). The Balaban J connectivity index is 1.89. The highest BCUT2D eigenvalue weighted by atomic mass is 32.1. The smallest absolute Gasteiger partial charge is 0.252 e. The maximum absolute atomic E-state index is 12.4. The summed E-state index contributed by atoms with van der Waals surface area (Å²) < 4.78 is 0. The summed E-state index contributed by atoms with van der Waals surface area (Å²) in [5.41, 5.74) is 1.13. The van der Waals surface area contributed by atoms with Crippen LogP contribution >= 0.6 is 12.2 Å². The highest BCUT2D eigenvalue weighted by Gasteiger charge is 2.46. The number of amides is 1. The molecule has 1 aromatic carbocycles. The molecule has 2 aliphatic rings. The maximum Gasteiger partial charge on any atom is 0.252 e. The molecule has 2 atom stereocenters. The highest BCUT2D eigenvalue weighted by Crippen LogP contribution is 2.33. The molecule has 1 amide bonds. The number of thiocarbonyl (C=S) groups is 1. The van der Waals surface area contributed by atoms with E-state index in [0.717, 1.165) is 24.9 Å². The number of carbonyl (C=O) groups excluding carboxylic acids is 1. The Kier molecular flexibility index (Phi) is 2.82. The molecule has 2 saturated heterocycles. The van der Waals surface area contributed by atoms with Crippen molar-refractivity contribution in [2.75, 3.05) is 6.54 Å². The van der Waals surface area contributed by atoms with Gasteiger partial charge in [0.05, 0.1) is 6.04 Å². The topological polar surface area (TPSA) is 23.6 Å². The second kappa shape index (κ2) is 4.35. The van der Waals surface area contributed by atoms with E-state index < -0.39 is 0 Å². The van der Waals surface area contributed by atoms with Crippen molar-refractivity contribution < 1.29 is 4.79 Å². The van der Waals surface area contributed by atoms with Crippen molar-refractivity contribution in [3.63, 3.8) is 0 Å². The quantitative estimate of drug-likeness (QED) is 0.763. The zero-order valence-corrected chi connectivity index (χ0v) is 11.2. The first-order valence-corrected chi connectivity index (χ1v) is 6.79. The van der Waals surface area contributed by atoms with Gasteiger partial charge in [0.1, 0.15) is 6.04 Å². The Bertz CT molecular complexity index is 466. The number of carbonyl (C=O) groups is 1. The molecule has 1 aromatic rings. The molecule has 0 radical (unpaired) electrons. The molecular formula is C14H16N2OS. The fourth-order valence-electron chi connectivity index (χ4n) is 2.88. The molecule has 18 heavy (non-hydrogen) atoms. The molecule has 0 aliphatic carbocycles. The average molecular weight is 260 g/mol. The Morgan fingerprint density at radius 2 is 2.06 bits per heavy atom. The number of fused-ring (bicyclic) bond motifs is 1. The van der Waals surface area contributed by atoms with Gasteiger partial charge in [-0.2, -0.15) is 0 Å². The summed E-state index contributed by atoms with van der Waals surface area (Å²) in [7, 11) is 0. The van der Waals surface area contributed by atoms with Crippen LogP contribution in [0.25, 0.3) is 0 Å². The van der Waals surface area contributed by atoms with Crippen LogP contribution in [-0.4, -0.2) is 33.4 Å². The molecular weight excluding hydrogens is 244 g/mol. The molecule has 94 valence electrons. The van der Waals surface area contributed by atoms with Gasteiger partial charge in [-0.25, -0.2) is 0 Å². The molecule has 2 aliphatic heterocycles. The van der Waals surface area contributed by atoms with Crippen LogP contribution < -0.4 is 0 Å². The summed E-state index contributed by atoms with van der Waals surface area (Å²) in [4.78, 5) is 16.3. The van der Waals surface area contributed by atoms with Gasteiger partial charge in [-0.05, 0) is 37.5 Å². The van der Waals surface area contributed by atoms with E-state index in [2.05, 4.69) is 4.90 Å². The second-order valence-corrected chi connectivity index (χ2v) is 5.29. The molecule has 3 nitrogen and oxygen atoms in total. The van der Waals surface area contributed by atoms with E-state index in [1.54, 1.807) is 4.90 Å². The number of nitrogens with zero attached hydrogens (tertiary/aromatic N) is 2. The van der Waals surface area contributed by atoms with E-state index in [1.165, 1.54) is 0 Å². The van der Waals surface area contributed by atoms with Gasteiger partial charge in [0.25, 0.3) is 5.91 Å². The third-order valence-corrected chi connectivity index (χ3v) is 4.33. The summed E-state index contributed by atoms with van der Waals surface area (Å²) in [5.74, 6) is 0.175. The van der Waals surface area contributed by atoms with Gasteiger partial charge < -0.3 is 4.90 Å². The summed E-state index contributed by atoms with van der Waals surface area (Å²) in [6.07, 6.45) is 2.01. The van der Waals surface area contributed by atoms with Gasteiger partial charge in [-0.1, -0.05) is 30.3 Å². The van der Waals surface area contributed by atoms with E-state index in [1.807, 2.05) is 37.3 Å². The predicted octanol–water partition coefficient (Wildman–Crippen LogP) is 2.34. The third-order valence-electron chi connectivity index (χ3n) is 3.90. The molecule has 2 heterocycles. The van der Waals surface area contributed by atoms with Crippen LogP contribution in [0.5, 0.6) is 0 Å². The van der Waals surface area contributed by atoms with Crippen LogP contribution in [-0.2, 0) is 4.79 Å². The van der Waals surface area contributed by atoms with Crippen LogP contribution in [0.4, 0.5) is 0 Å². The van der Waals surface area contributed by atoms with E-state index >= 15 is 0 Å². The van der Waals surface area contributed by atoms with E-state index in [0.29, 0.717) is 5.11 Å². The zero-order valence-electron chi connectivity index (χ0n) is 10.4. The van der Waals surface area contributed by atoms with Crippen molar-refractivity contribution in [2.45, 2.75) is 31.8 Å². The summed E-state index contributed by atoms with van der Waals surface area (Å²) in [6, 6.07) is 10.1. The molecule has 4 heteroatoms. The van der Waals surface area contributed by atoms with E-state index in [-0.39, 0.29) is 18.0 Å². The minimum Gasteiger partial charge on any atom is -0.337 e. The minimum atomic E-state index is 0.00339. The molecule has 0 N–H and O–H groups in total. The van der Waals surface area contributed by atoms with E-state index in [9.17, 15) is 4.79 Å². The monoisotopic (exact) mass is 260 g/mol. The highest BCUT2D eigenvalue weighted by molar-refractivity contribution is 7.80. The molecule has 0 spiro atoms. The summed E-state index contributed by atoms with van der Waals surface area (Å²) >= 11 is 5.46. The maximum atomic E-state index is 12.4. The third kappa shape index (κ3) is 1.63. The average Bonchev–Trinajstić information content (AvgIpc) is 2.95. The Morgan fingerprint density at radius 3 is 2.72 bits per heavy atom. The largest absolute Gasteiger partial charge is 0.337 e. The number of rotatable bonds is 2. The Hall–Kier alpha value is -1.42. The Morgan fingerprint density at radius 1 is 1.33 bits per heavy atom.